The van der Waals surface area contributed by atoms with Gasteiger partial charge in [0, 0.05) is 39.8 Å². The molecule has 0 atom stereocenters. The number of ether oxygens (including phenoxy) is 1. The van der Waals surface area contributed by atoms with Crippen molar-refractivity contribution in [3.8, 4) is 0 Å². The molecule has 8 heteroatoms. The van der Waals surface area contributed by atoms with Gasteiger partial charge in [0.05, 0.1) is 6.61 Å². The third-order valence-electron chi connectivity index (χ3n) is 2.52. The Bertz CT molecular complexity index is 342. The van der Waals surface area contributed by atoms with Gasteiger partial charge in [0.15, 0.2) is 0 Å². The molecule has 0 aliphatic heterocycles. The van der Waals surface area contributed by atoms with Crippen molar-refractivity contribution in [2.24, 2.45) is 0 Å². The van der Waals surface area contributed by atoms with Gasteiger partial charge in [-0.2, -0.15) is 0 Å². The summed E-state index contributed by atoms with van der Waals surface area (Å²) in [5.74, 6) is -0.965. The molecule has 0 aromatic heterocycles. The van der Waals surface area contributed by atoms with Gasteiger partial charge in [-0.1, -0.05) is 13.8 Å². The molecule has 114 valence electrons. The van der Waals surface area contributed by atoms with Crippen LogP contribution in [0.25, 0.3) is 0 Å². The number of carbonyl (C=O) groups excluding carboxylic acids is 1. The first-order valence-electron chi connectivity index (χ1n) is 6.42. The molecule has 19 heavy (non-hydrogen) atoms. The highest BCUT2D eigenvalue weighted by atomic mass is 32.2. The van der Waals surface area contributed by atoms with E-state index in [9.17, 15) is 13.2 Å². The predicted molar refractivity (Wildman–Crippen MR) is 74.5 cm³/mol. The molecule has 7 nitrogen and oxygen atoms in total. The quantitative estimate of drug-likeness (QED) is 0.478. The molecular formula is C11H25N3O4S. The van der Waals surface area contributed by atoms with E-state index in [1.54, 1.807) is 21.0 Å². The Morgan fingerprint density at radius 1 is 1.16 bits per heavy atom. The van der Waals surface area contributed by atoms with Crippen LogP contribution in [0, 0.1) is 0 Å². The van der Waals surface area contributed by atoms with Gasteiger partial charge in [-0.15, -0.1) is 0 Å². The number of nitrogens with one attached hydrogen (secondary N) is 2. The first-order chi connectivity index (χ1) is 8.97. The highest BCUT2D eigenvalue weighted by Crippen LogP contribution is 2.00. The van der Waals surface area contributed by atoms with Crippen LogP contribution >= 0.6 is 0 Å². The highest BCUT2D eigenvalue weighted by molar-refractivity contribution is 7.89. The maximum atomic E-state index is 11.8. The van der Waals surface area contributed by atoms with Crippen LogP contribution in [0.2, 0.25) is 0 Å². The van der Waals surface area contributed by atoms with Gasteiger partial charge in [-0.25, -0.2) is 12.7 Å². The summed E-state index contributed by atoms with van der Waals surface area (Å²) in [6.45, 7) is 6.54. The van der Waals surface area contributed by atoms with Crippen LogP contribution in [0.1, 0.15) is 13.8 Å². The molecule has 0 rings (SSSR count). The van der Waals surface area contributed by atoms with E-state index >= 15 is 0 Å². The minimum atomic E-state index is -3.49. The molecule has 0 aliphatic rings. The molecule has 0 aromatic rings. The second-order valence-electron chi connectivity index (χ2n) is 3.93. The number of amides is 1. The zero-order chi connectivity index (χ0) is 14.7. The fourth-order valence-electron chi connectivity index (χ4n) is 1.51. The third-order valence-corrected chi connectivity index (χ3v) is 4.45. The summed E-state index contributed by atoms with van der Waals surface area (Å²) in [6, 6.07) is 0. The standard InChI is InChI=1S/C11H25N3O4S/c1-4-14(5-2)19(16,17)10-11(15)13-7-6-12-8-9-18-3/h12H,4-10H2,1-3H3,(H,13,15). The van der Waals surface area contributed by atoms with E-state index in [1.807, 2.05) is 0 Å². The van der Waals surface area contributed by atoms with Crippen molar-refractivity contribution in [3.63, 3.8) is 0 Å². The summed E-state index contributed by atoms with van der Waals surface area (Å²) in [5, 5.41) is 5.62. The Morgan fingerprint density at radius 2 is 1.79 bits per heavy atom. The zero-order valence-corrected chi connectivity index (χ0v) is 12.8. The number of rotatable bonds is 11. The van der Waals surface area contributed by atoms with E-state index in [-0.39, 0.29) is 0 Å². The lowest BCUT2D eigenvalue weighted by molar-refractivity contribution is -0.118. The number of nitrogens with zero attached hydrogens (tertiary/aromatic N) is 1. The molecule has 0 saturated carbocycles. The number of hydrogen-bond acceptors (Lipinski definition) is 5. The lowest BCUT2D eigenvalue weighted by atomic mass is 10.5. The summed E-state index contributed by atoms with van der Waals surface area (Å²) in [4.78, 5) is 11.5. The molecule has 0 saturated heterocycles. The molecule has 0 radical (unpaired) electrons. The molecule has 0 heterocycles. The maximum Gasteiger partial charge on any atom is 0.236 e. The molecule has 0 spiro atoms. The van der Waals surface area contributed by atoms with Crippen LogP contribution in [0.15, 0.2) is 0 Å². The first-order valence-corrected chi connectivity index (χ1v) is 8.03. The summed E-state index contributed by atoms with van der Waals surface area (Å²) in [5.41, 5.74) is 0. The van der Waals surface area contributed by atoms with Crippen LogP contribution in [-0.2, 0) is 19.6 Å². The van der Waals surface area contributed by atoms with Crippen LogP contribution in [0.4, 0.5) is 0 Å². The van der Waals surface area contributed by atoms with Gasteiger partial charge in [-0.05, 0) is 0 Å². The van der Waals surface area contributed by atoms with Gasteiger partial charge in [0.25, 0.3) is 0 Å². The molecule has 0 fully saturated rings. The van der Waals surface area contributed by atoms with Crippen molar-refractivity contribution in [3.05, 3.63) is 0 Å². The monoisotopic (exact) mass is 295 g/mol. The van der Waals surface area contributed by atoms with Crippen molar-refractivity contribution in [2.45, 2.75) is 13.8 Å². The number of methoxy groups -OCH3 is 1. The fourth-order valence-corrected chi connectivity index (χ4v) is 2.92. The van der Waals surface area contributed by atoms with E-state index in [0.717, 1.165) is 0 Å². The largest absolute Gasteiger partial charge is 0.383 e. The van der Waals surface area contributed by atoms with Crippen LogP contribution in [0.3, 0.4) is 0 Å². The number of carbonyl (C=O) groups is 1. The van der Waals surface area contributed by atoms with Gasteiger partial charge >= 0.3 is 0 Å². The van der Waals surface area contributed by atoms with E-state index in [0.29, 0.717) is 39.3 Å². The number of hydrogen-bond donors (Lipinski definition) is 2. The van der Waals surface area contributed by atoms with E-state index in [4.69, 9.17) is 4.74 Å². The Balaban J connectivity index is 3.91. The van der Waals surface area contributed by atoms with Crippen molar-refractivity contribution >= 4 is 15.9 Å². The molecular weight excluding hydrogens is 270 g/mol. The molecule has 1 amide bonds. The van der Waals surface area contributed by atoms with Gasteiger partial charge in [0.1, 0.15) is 5.75 Å². The average molecular weight is 295 g/mol. The third kappa shape index (κ3) is 8.14. The smallest absolute Gasteiger partial charge is 0.236 e. The Kier molecular flexibility index (Phi) is 9.76. The Hall–Kier alpha value is -0.700. The molecule has 0 bridgehead atoms. The van der Waals surface area contributed by atoms with Gasteiger partial charge in [-0.3, -0.25) is 4.79 Å². The maximum absolute atomic E-state index is 11.8. The second kappa shape index (κ2) is 10.1. The van der Waals surface area contributed by atoms with Crippen molar-refractivity contribution in [1.82, 2.24) is 14.9 Å². The minimum Gasteiger partial charge on any atom is -0.383 e. The summed E-state index contributed by atoms with van der Waals surface area (Å²) in [6.07, 6.45) is 0. The van der Waals surface area contributed by atoms with Crippen LogP contribution < -0.4 is 10.6 Å². The van der Waals surface area contributed by atoms with Crippen LogP contribution in [0.5, 0.6) is 0 Å². The molecule has 0 aromatic carbocycles. The zero-order valence-electron chi connectivity index (χ0n) is 11.9. The second-order valence-corrected chi connectivity index (χ2v) is 5.90. The average Bonchev–Trinajstić information content (AvgIpc) is 2.34. The summed E-state index contributed by atoms with van der Waals surface area (Å²) >= 11 is 0. The number of sulfonamides is 1. The van der Waals surface area contributed by atoms with Gasteiger partial charge < -0.3 is 15.4 Å². The van der Waals surface area contributed by atoms with Gasteiger partial charge in [0.2, 0.25) is 15.9 Å². The lowest BCUT2D eigenvalue weighted by Crippen LogP contribution is -2.41. The van der Waals surface area contributed by atoms with Crippen LogP contribution in [-0.4, -0.2) is 70.8 Å². The lowest BCUT2D eigenvalue weighted by Gasteiger charge is -2.17. The summed E-state index contributed by atoms with van der Waals surface area (Å²) < 4.78 is 29.8. The topological polar surface area (TPSA) is 87.7 Å². The van der Waals surface area contributed by atoms with Crippen molar-refractivity contribution < 1.29 is 17.9 Å². The Labute approximate surface area is 115 Å². The predicted octanol–water partition coefficient (Wildman–Crippen LogP) is -0.990. The molecule has 0 aliphatic carbocycles. The van der Waals surface area contributed by atoms with Crippen molar-refractivity contribution in [2.75, 3.05) is 52.2 Å². The van der Waals surface area contributed by atoms with E-state index in [2.05, 4.69) is 10.6 Å². The molecule has 0 unspecified atom stereocenters. The normalized spacial score (nSPS) is 11.8. The fraction of sp³-hybridized carbons (Fsp3) is 0.909. The summed E-state index contributed by atoms with van der Waals surface area (Å²) in [7, 11) is -1.88. The highest BCUT2D eigenvalue weighted by Gasteiger charge is 2.22. The van der Waals surface area contributed by atoms with E-state index in [1.165, 1.54) is 4.31 Å². The SMILES string of the molecule is CCN(CC)S(=O)(=O)CC(=O)NCCNCCOC. The first kappa shape index (κ1) is 18.3. The Morgan fingerprint density at radius 3 is 2.32 bits per heavy atom. The van der Waals surface area contributed by atoms with Crippen molar-refractivity contribution in [1.29, 1.82) is 0 Å². The minimum absolute atomic E-state index is 0.380. The molecule has 2 N–H and O–H groups in total. The van der Waals surface area contributed by atoms with E-state index < -0.39 is 21.7 Å².